The maximum absolute atomic E-state index is 14.9. The van der Waals surface area contributed by atoms with Crippen LogP contribution in [0.3, 0.4) is 0 Å². The van der Waals surface area contributed by atoms with Gasteiger partial charge in [0.15, 0.2) is 5.82 Å². The zero-order valence-electron chi connectivity index (χ0n) is 18.4. The number of carbonyl (C=O) groups excluding carboxylic acids is 1. The maximum Gasteiger partial charge on any atom is 0.266 e. The molecule has 1 saturated heterocycles. The Balaban J connectivity index is 1.60. The van der Waals surface area contributed by atoms with Crippen molar-refractivity contribution in [3.05, 3.63) is 57.6 Å². The summed E-state index contributed by atoms with van der Waals surface area (Å²) in [4.78, 5) is 16.8. The fourth-order valence-corrected chi connectivity index (χ4v) is 5.74. The van der Waals surface area contributed by atoms with Crippen molar-refractivity contribution in [2.45, 2.75) is 31.2 Å². The first-order valence-electron chi connectivity index (χ1n) is 10.4. The lowest BCUT2D eigenvalue weighted by atomic mass is 10.1. The fraction of sp³-hybridized carbons (Fsp3) is 0.273. The second kappa shape index (κ2) is 9.77. The number of nitrogens with one attached hydrogen (secondary N) is 3. The smallest absolute Gasteiger partial charge is 0.266 e. The van der Waals surface area contributed by atoms with Crippen LogP contribution >= 0.6 is 22.9 Å². The third kappa shape index (κ3) is 5.43. The van der Waals surface area contributed by atoms with Gasteiger partial charge in [-0.3, -0.25) is 9.52 Å². The predicted molar refractivity (Wildman–Crippen MR) is 133 cm³/mol. The summed E-state index contributed by atoms with van der Waals surface area (Å²) in [6, 6.07) is 7.95. The number of sulfonamides is 1. The van der Waals surface area contributed by atoms with Crippen LogP contribution in [0.4, 0.5) is 27.3 Å². The van der Waals surface area contributed by atoms with Crippen LogP contribution in [0.2, 0.25) is 5.02 Å². The summed E-state index contributed by atoms with van der Waals surface area (Å²) in [5.41, 5.74) is 4.30. The van der Waals surface area contributed by atoms with E-state index in [0.717, 1.165) is 36.3 Å². The Kier molecular flexibility index (Phi) is 6.96. The van der Waals surface area contributed by atoms with E-state index in [2.05, 4.69) is 25.2 Å². The minimum Gasteiger partial charge on any atom is -0.368 e. The molecule has 3 aromatic rings. The van der Waals surface area contributed by atoms with Crippen molar-refractivity contribution >= 4 is 61.7 Å². The number of hydrogen-bond acceptors (Lipinski definition) is 7. The lowest BCUT2D eigenvalue weighted by Gasteiger charge is -2.24. The first kappa shape index (κ1) is 24.2. The molecule has 12 heteroatoms. The van der Waals surface area contributed by atoms with Gasteiger partial charge in [0, 0.05) is 37.5 Å². The number of benzene rings is 2. The fourth-order valence-electron chi connectivity index (χ4n) is 3.82. The summed E-state index contributed by atoms with van der Waals surface area (Å²) < 4.78 is 42.4. The number of rotatable bonds is 7. The second-order valence-corrected chi connectivity index (χ2v) is 10.8. The van der Waals surface area contributed by atoms with Crippen molar-refractivity contribution < 1.29 is 17.6 Å². The molecule has 180 valence electrons. The average Bonchev–Trinajstić information content (AvgIpc) is 3.43. The van der Waals surface area contributed by atoms with Crippen molar-refractivity contribution in [3.63, 3.8) is 0 Å². The first-order valence-corrected chi connectivity index (χ1v) is 13.2. The molecule has 0 bridgehead atoms. The standard InChI is InChI=1S/C22H23ClFN5O3S2/c1-13-3-4-18(20(7-13)29-6-5-15(10-29)26-14(2)30)27-19-9-17(24)21(8-16(19)23)34(31,32)28-22-11-33-12-25-22/h3-4,7-9,11-12,15,27-28H,5-6,10H2,1-2H3,(H,26,30)/t15-/m1/s1. The number of thiazole rings is 1. The van der Waals surface area contributed by atoms with Gasteiger partial charge in [-0.15, -0.1) is 11.3 Å². The van der Waals surface area contributed by atoms with Crippen LogP contribution in [-0.2, 0) is 14.8 Å². The predicted octanol–water partition coefficient (Wildman–Crippen LogP) is 4.50. The monoisotopic (exact) mass is 523 g/mol. The normalized spacial score (nSPS) is 15.9. The molecular weight excluding hydrogens is 501 g/mol. The molecule has 0 unspecified atom stereocenters. The number of hydrogen-bond donors (Lipinski definition) is 3. The Morgan fingerprint density at radius 3 is 2.76 bits per heavy atom. The van der Waals surface area contributed by atoms with Crippen molar-refractivity contribution in [3.8, 4) is 0 Å². The van der Waals surface area contributed by atoms with Gasteiger partial charge in [-0.05, 0) is 37.1 Å². The minimum atomic E-state index is -4.20. The summed E-state index contributed by atoms with van der Waals surface area (Å²) in [6.07, 6.45) is 0.806. The molecule has 0 aliphatic carbocycles. The van der Waals surface area contributed by atoms with Gasteiger partial charge in [-0.2, -0.15) is 0 Å². The Bertz CT molecular complexity index is 1320. The van der Waals surface area contributed by atoms with E-state index < -0.39 is 20.7 Å². The van der Waals surface area contributed by atoms with Gasteiger partial charge in [-0.25, -0.2) is 17.8 Å². The van der Waals surface area contributed by atoms with Gasteiger partial charge in [0.05, 0.1) is 27.6 Å². The highest BCUT2D eigenvalue weighted by Crippen LogP contribution is 2.36. The lowest BCUT2D eigenvalue weighted by Crippen LogP contribution is -2.35. The van der Waals surface area contributed by atoms with E-state index in [1.807, 2.05) is 25.1 Å². The van der Waals surface area contributed by atoms with Crippen LogP contribution in [0.5, 0.6) is 0 Å². The Hall–Kier alpha value is -2.89. The summed E-state index contributed by atoms with van der Waals surface area (Å²) in [5, 5.41) is 7.62. The first-order chi connectivity index (χ1) is 16.1. The topological polar surface area (TPSA) is 103 Å². The molecule has 4 rings (SSSR count). The van der Waals surface area contributed by atoms with Crippen molar-refractivity contribution in [1.29, 1.82) is 0 Å². The zero-order chi connectivity index (χ0) is 24.5. The van der Waals surface area contributed by atoms with E-state index in [-0.39, 0.29) is 28.5 Å². The number of aromatic nitrogens is 1. The highest BCUT2D eigenvalue weighted by atomic mass is 35.5. The summed E-state index contributed by atoms with van der Waals surface area (Å²) in [7, 11) is -4.20. The molecule has 0 spiro atoms. The summed E-state index contributed by atoms with van der Waals surface area (Å²) in [5.74, 6) is -0.915. The van der Waals surface area contributed by atoms with E-state index in [1.165, 1.54) is 29.2 Å². The Morgan fingerprint density at radius 1 is 1.26 bits per heavy atom. The minimum absolute atomic E-state index is 0.0431. The van der Waals surface area contributed by atoms with E-state index in [0.29, 0.717) is 12.2 Å². The maximum atomic E-state index is 14.9. The molecule has 1 atom stereocenters. The molecule has 2 heterocycles. The van der Waals surface area contributed by atoms with Gasteiger partial charge in [0.2, 0.25) is 5.91 Å². The summed E-state index contributed by atoms with van der Waals surface area (Å²) >= 11 is 7.58. The van der Waals surface area contributed by atoms with Gasteiger partial charge < -0.3 is 15.5 Å². The number of aryl methyl sites for hydroxylation is 1. The van der Waals surface area contributed by atoms with Crippen molar-refractivity contribution in [1.82, 2.24) is 10.3 Å². The van der Waals surface area contributed by atoms with Crippen LogP contribution in [0, 0.1) is 12.7 Å². The molecule has 1 fully saturated rings. The highest BCUT2D eigenvalue weighted by molar-refractivity contribution is 7.92. The third-order valence-electron chi connectivity index (χ3n) is 5.34. The van der Waals surface area contributed by atoms with E-state index in [4.69, 9.17) is 11.6 Å². The van der Waals surface area contributed by atoms with Crippen LogP contribution < -0.4 is 20.3 Å². The van der Waals surface area contributed by atoms with Gasteiger partial charge in [-0.1, -0.05) is 17.7 Å². The van der Waals surface area contributed by atoms with Crippen LogP contribution in [0.1, 0.15) is 18.9 Å². The second-order valence-electron chi connectivity index (χ2n) is 8.02. The SMILES string of the molecule is CC(=O)N[C@@H]1CCN(c2cc(C)ccc2Nc2cc(F)c(S(=O)(=O)Nc3cscn3)cc2Cl)C1. The molecule has 2 aromatic carbocycles. The molecule has 8 nitrogen and oxygen atoms in total. The number of nitrogens with zero attached hydrogens (tertiary/aromatic N) is 2. The van der Waals surface area contributed by atoms with Crippen molar-refractivity contribution in [2.24, 2.45) is 0 Å². The number of halogens is 2. The van der Waals surface area contributed by atoms with Crippen molar-refractivity contribution in [2.75, 3.05) is 28.0 Å². The van der Waals surface area contributed by atoms with Gasteiger partial charge in [0.25, 0.3) is 10.0 Å². The molecule has 1 amide bonds. The largest absolute Gasteiger partial charge is 0.368 e. The quantitative estimate of drug-likeness (QED) is 0.421. The molecule has 0 radical (unpaired) electrons. The molecule has 1 aromatic heterocycles. The molecule has 1 aliphatic rings. The van der Waals surface area contributed by atoms with E-state index in [9.17, 15) is 17.6 Å². The van der Waals surface area contributed by atoms with E-state index in [1.54, 1.807) is 0 Å². The zero-order valence-corrected chi connectivity index (χ0v) is 20.8. The molecular formula is C22H23ClFN5O3S2. The van der Waals surface area contributed by atoms with Gasteiger partial charge >= 0.3 is 0 Å². The van der Waals surface area contributed by atoms with Crippen LogP contribution in [0.25, 0.3) is 0 Å². The third-order valence-corrected chi connectivity index (χ3v) is 7.61. The Morgan fingerprint density at radius 2 is 2.06 bits per heavy atom. The average molecular weight is 524 g/mol. The molecule has 0 saturated carbocycles. The molecule has 3 N–H and O–H groups in total. The number of anilines is 4. The van der Waals surface area contributed by atoms with Crippen LogP contribution in [-0.4, -0.2) is 38.4 Å². The Labute approximate surface area is 206 Å². The number of carbonyl (C=O) groups is 1. The lowest BCUT2D eigenvalue weighted by molar-refractivity contribution is -0.119. The highest BCUT2D eigenvalue weighted by Gasteiger charge is 2.26. The summed E-state index contributed by atoms with van der Waals surface area (Å²) in [6.45, 7) is 4.84. The van der Waals surface area contributed by atoms with E-state index >= 15 is 0 Å². The molecule has 34 heavy (non-hydrogen) atoms. The van der Waals surface area contributed by atoms with Crippen LogP contribution in [0.15, 0.2) is 46.1 Å². The number of amides is 1. The molecule has 1 aliphatic heterocycles. The van der Waals surface area contributed by atoms with Gasteiger partial charge in [0.1, 0.15) is 10.7 Å².